The van der Waals surface area contributed by atoms with E-state index in [4.69, 9.17) is 4.42 Å². The Morgan fingerprint density at radius 2 is 1.63 bits per heavy atom. The van der Waals surface area contributed by atoms with E-state index >= 15 is 0 Å². The van der Waals surface area contributed by atoms with Crippen LogP contribution in [0.2, 0.25) is 0 Å². The SMILES string of the molecule is CC1(C)CCC[C@]2(C)[C@H]3C[C@@H](O)[C@]4(C)c5cocc5CC[C@H]4[C@]3(C)CC[C@@H]12. The summed E-state index contributed by atoms with van der Waals surface area (Å²) in [4.78, 5) is 0. The summed E-state index contributed by atoms with van der Waals surface area (Å²) in [5.74, 6) is 2.01. The highest BCUT2D eigenvalue weighted by molar-refractivity contribution is 5.38. The fourth-order valence-electron chi connectivity index (χ4n) is 9.31. The molecular formula is C25H38O2. The van der Waals surface area contributed by atoms with Gasteiger partial charge in [-0.2, -0.15) is 0 Å². The van der Waals surface area contributed by atoms with E-state index < -0.39 is 0 Å². The summed E-state index contributed by atoms with van der Waals surface area (Å²) < 4.78 is 5.62. The van der Waals surface area contributed by atoms with Gasteiger partial charge in [-0.15, -0.1) is 0 Å². The highest BCUT2D eigenvalue weighted by atomic mass is 16.3. The lowest BCUT2D eigenvalue weighted by atomic mass is 9.35. The monoisotopic (exact) mass is 370 g/mol. The van der Waals surface area contributed by atoms with Crippen LogP contribution in [0.25, 0.3) is 0 Å². The van der Waals surface area contributed by atoms with Gasteiger partial charge in [0.25, 0.3) is 0 Å². The Balaban J connectivity index is 1.61. The molecule has 27 heavy (non-hydrogen) atoms. The predicted octanol–water partition coefficient (Wildman–Crippen LogP) is 6.11. The molecule has 1 aromatic heterocycles. The lowest BCUT2D eigenvalue weighted by molar-refractivity contribution is -0.207. The van der Waals surface area contributed by atoms with E-state index in [1.54, 1.807) is 0 Å². The molecule has 2 heteroatoms. The molecule has 0 unspecified atom stereocenters. The summed E-state index contributed by atoms with van der Waals surface area (Å²) in [7, 11) is 0. The van der Waals surface area contributed by atoms with Gasteiger partial charge in [0.05, 0.1) is 18.6 Å². The van der Waals surface area contributed by atoms with Crippen molar-refractivity contribution in [2.24, 2.45) is 34.0 Å². The van der Waals surface area contributed by atoms with Crippen LogP contribution in [0.15, 0.2) is 16.9 Å². The number of hydrogen-bond acceptors (Lipinski definition) is 2. The van der Waals surface area contributed by atoms with Gasteiger partial charge < -0.3 is 9.52 Å². The zero-order valence-corrected chi connectivity index (χ0v) is 18.0. The molecule has 3 fully saturated rings. The largest absolute Gasteiger partial charge is 0.472 e. The molecule has 4 aliphatic carbocycles. The molecule has 0 saturated heterocycles. The minimum absolute atomic E-state index is 0.140. The number of fused-ring (bicyclic) bond motifs is 7. The molecule has 1 aromatic rings. The molecule has 3 saturated carbocycles. The number of aliphatic hydroxyl groups is 1. The average molecular weight is 371 g/mol. The molecule has 1 heterocycles. The van der Waals surface area contributed by atoms with Crippen molar-refractivity contribution in [1.29, 1.82) is 0 Å². The molecule has 7 atom stereocenters. The molecule has 1 N–H and O–H groups in total. The van der Waals surface area contributed by atoms with Crippen LogP contribution in [-0.4, -0.2) is 11.2 Å². The molecule has 150 valence electrons. The molecule has 5 rings (SSSR count). The van der Waals surface area contributed by atoms with Gasteiger partial charge >= 0.3 is 0 Å². The van der Waals surface area contributed by atoms with Gasteiger partial charge in [0.15, 0.2) is 0 Å². The second-order valence-electron chi connectivity index (χ2n) is 11.9. The first kappa shape index (κ1) is 18.3. The average Bonchev–Trinajstić information content (AvgIpc) is 3.06. The number of hydrogen-bond donors (Lipinski definition) is 1. The second-order valence-corrected chi connectivity index (χ2v) is 11.9. The maximum atomic E-state index is 11.6. The molecular weight excluding hydrogens is 332 g/mol. The number of furan rings is 1. The number of aliphatic hydroxyl groups excluding tert-OH is 1. The maximum Gasteiger partial charge on any atom is 0.0944 e. The van der Waals surface area contributed by atoms with Gasteiger partial charge in [-0.1, -0.05) is 41.0 Å². The molecule has 0 amide bonds. The van der Waals surface area contributed by atoms with Crippen molar-refractivity contribution in [1.82, 2.24) is 0 Å². The van der Waals surface area contributed by atoms with Crippen molar-refractivity contribution in [3.63, 3.8) is 0 Å². The van der Waals surface area contributed by atoms with Crippen molar-refractivity contribution in [2.75, 3.05) is 0 Å². The van der Waals surface area contributed by atoms with E-state index in [0.29, 0.717) is 28.1 Å². The van der Waals surface area contributed by atoms with E-state index in [0.717, 1.165) is 18.8 Å². The third-order valence-corrected chi connectivity index (χ3v) is 10.5. The summed E-state index contributed by atoms with van der Waals surface area (Å²) >= 11 is 0. The van der Waals surface area contributed by atoms with Crippen LogP contribution in [0.1, 0.15) is 90.7 Å². The maximum absolute atomic E-state index is 11.6. The molecule has 2 nitrogen and oxygen atoms in total. The van der Waals surface area contributed by atoms with E-state index in [9.17, 15) is 5.11 Å². The Bertz CT molecular complexity index is 747. The lowest BCUT2D eigenvalue weighted by Crippen LogP contribution is -2.66. The van der Waals surface area contributed by atoms with Gasteiger partial charge in [-0.3, -0.25) is 0 Å². The zero-order valence-electron chi connectivity index (χ0n) is 18.0. The Morgan fingerprint density at radius 1 is 0.889 bits per heavy atom. The van der Waals surface area contributed by atoms with Crippen molar-refractivity contribution in [3.8, 4) is 0 Å². The Morgan fingerprint density at radius 3 is 2.41 bits per heavy atom. The fraction of sp³-hybridized carbons (Fsp3) is 0.840. The molecule has 0 aliphatic heterocycles. The van der Waals surface area contributed by atoms with E-state index in [-0.39, 0.29) is 11.5 Å². The van der Waals surface area contributed by atoms with E-state index in [1.807, 2.05) is 12.5 Å². The fourth-order valence-corrected chi connectivity index (χ4v) is 9.31. The van der Waals surface area contributed by atoms with Crippen LogP contribution in [0.5, 0.6) is 0 Å². The standard InChI is InChI=1S/C25H38O2/c1-22(2)10-6-11-23(3)18(22)9-12-24(4)19-8-7-16-14-27-15-17(16)25(19,5)21(26)13-20(23)24/h14-15,18-21,26H,6-13H2,1-5H3/t18-,19-,20+,21+,23-,24-,25+/m0/s1. The van der Waals surface area contributed by atoms with Crippen LogP contribution in [-0.2, 0) is 11.8 Å². The molecule has 0 radical (unpaired) electrons. The lowest BCUT2D eigenvalue weighted by Gasteiger charge is -2.69. The minimum Gasteiger partial charge on any atom is -0.472 e. The minimum atomic E-state index is -0.252. The highest BCUT2D eigenvalue weighted by Crippen LogP contribution is 2.72. The van der Waals surface area contributed by atoms with Gasteiger partial charge in [-0.25, -0.2) is 0 Å². The number of aryl methyl sites for hydroxylation is 1. The summed E-state index contributed by atoms with van der Waals surface area (Å²) in [6.07, 6.45) is 13.7. The molecule has 4 aliphatic rings. The van der Waals surface area contributed by atoms with Crippen molar-refractivity contribution in [2.45, 2.75) is 97.5 Å². The van der Waals surface area contributed by atoms with E-state index in [1.165, 1.54) is 49.7 Å². The third-order valence-electron chi connectivity index (χ3n) is 10.5. The smallest absolute Gasteiger partial charge is 0.0944 e. The van der Waals surface area contributed by atoms with Crippen LogP contribution < -0.4 is 0 Å². The van der Waals surface area contributed by atoms with Crippen LogP contribution >= 0.6 is 0 Å². The summed E-state index contributed by atoms with van der Waals surface area (Å²) in [6.45, 7) is 12.6. The first-order valence-electron chi connectivity index (χ1n) is 11.4. The van der Waals surface area contributed by atoms with Crippen LogP contribution in [0.3, 0.4) is 0 Å². The van der Waals surface area contributed by atoms with Crippen molar-refractivity contribution < 1.29 is 9.52 Å². The summed E-state index contributed by atoms with van der Waals surface area (Å²) in [5.41, 5.74) is 3.68. The molecule has 0 spiro atoms. The predicted molar refractivity (Wildman–Crippen MR) is 109 cm³/mol. The van der Waals surface area contributed by atoms with Gasteiger partial charge in [0.2, 0.25) is 0 Å². The Labute approximate surface area is 165 Å². The quantitative estimate of drug-likeness (QED) is 0.597. The Kier molecular flexibility index (Phi) is 3.68. The van der Waals surface area contributed by atoms with Gasteiger partial charge in [0, 0.05) is 11.0 Å². The molecule has 0 bridgehead atoms. The summed E-state index contributed by atoms with van der Waals surface area (Å²) in [5, 5.41) is 11.6. The van der Waals surface area contributed by atoms with Crippen LogP contribution in [0.4, 0.5) is 0 Å². The van der Waals surface area contributed by atoms with E-state index in [2.05, 4.69) is 34.6 Å². The van der Waals surface area contributed by atoms with Crippen molar-refractivity contribution in [3.05, 3.63) is 23.7 Å². The van der Waals surface area contributed by atoms with Gasteiger partial charge in [-0.05, 0) is 84.5 Å². The highest BCUT2D eigenvalue weighted by Gasteiger charge is 2.67. The molecule has 0 aromatic carbocycles. The number of rotatable bonds is 0. The first-order valence-corrected chi connectivity index (χ1v) is 11.4. The first-order chi connectivity index (χ1) is 12.6. The normalized spacial score (nSPS) is 50.9. The zero-order chi connectivity index (χ0) is 19.2. The Hall–Kier alpha value is -0.760. The second kappa shape index (κ2) is 5.43. The van der Waals surface area contributed by atoms with Crippen molar-refractivity contribution >= 4 is 0 Å². The van der Waals surface area contributed by atoms with Gasteiger partial charge in [0.1, 0.15) is 0 Å². The van der Waals surface area contributed by atoms with Crippen LogP contribution in [0, 0.1) is 34.0 Å². The summed E-state index contributed by atoms with van der Waals surface area (Å²) in [6, 6.07) is 0. The topological polar surface area (TPSA) is 33.4 Å². The third kappa shape index (κ3) is 2.12.